The number of hydrogen-bond donors (Lipinski definition) is 1. The number of carbonyl (C=O) groups is 1. The lowest BCUT2D eigenvalue weighted by Crippen LogP contribution is -2.26. The predicted molar refractivity (Wildman–Crippen MR) is 82.7 cm³/mol. The highest BCUT2D eigenvalue weighted by Crippen LogP contribution is 2.18. The summed E-state index contributed by atoms with van der Waals surface area (Å²) in [7, 11) is 0. The smallest absolute Gasteiger partial charge is 0.252 e. The minimum Gasteiger partial charge on any atom is -0.478 e. The molecule has 110 valence electrons. The van der Waals surface area contributed by atoms with Crippen molar-refractivity contribution in [1.82, 2.24) is 10.3 Å². The van der Waals surface area contributed by atoms with Crippen LogP contribution in [0.4, 0.5) is 0 Å². The maximum absolute atomic E-state index is 12.2. The second kappa shape index (κ2) is 7.09. The van der Waals surface area contributed by atoms with Gasteiger partial charge in [-0.2, -0.15) is 0 Å². The molecule has 0 radical (unpaired) electrons. The van der Waals surface area contributed by atoms with Crippen LogP contribution in [0.5, 0.6) is 5.88 Å². The Bertz CT molecular complexity index is 631. The molecule has 1 unspecified atom stereocenters. The average Bonchev–Trinajstić information content (AvgIpc) is 2.48. The van der Waals surface area contributed by atoms with E-state index >= 15 is 0 Å². The third-order valence-corrected chi connectivity index (χ3v) is 3.22. The van der Waals surface area contributed by atoms with Gasteiger partial charge in [-0.15, -0.1) is 0 Å². The number of benzene rings is 1. The number of pyridine rings is 1. The van der Waals surface area contributed by atoms with Gasteiger partial charge in [0, 0.05) is 22.8 Å². The van der Waals surface area contributed by atoms with Crippen LogP contribution in [0.15, 0.2) is 42.6 Å². The van der Waals surface area contributed by atoms with Gasteiger partial charge in [-0.05, 0) is 37.6 Å². The van der Waals surface area contributed by atoms with Crippen LogP contribution < -0.4 is 10.1 Å². The van der Waals surface area contributed by atoms with E-state index in [1.165, 1.54) is 0 Å². The summed E-state index contributed by atoms with van der Waals surface area (Å²) < 4.78 is 5.29. The van der Waals surface area contributed by atoms with E-state index in [0.717, 1.165) is 5.56 Å². The zero-order valence-corrected chi connectivity index (χ0v) is 12.7. The van der Waals surface area contributed by atoms with Gasteiger partial charge in [-0.25, -0.2) is 4.98 Å². The van der Waals surface area contributed by atoms with Crippen LogP contribution in [-0.2, 0) is 0 Å². The predicted octanol–water partition coefficient (Wildman–Crippen LogP) is 3.62. The van der Waals surface area contributed by atoms with Gasteiger partial charge < -0.3 is 10.1 Å². The summed E-state index contributed by atoms with van der Waals surface area (Å²) in [6, 6.07) is 10.6. The van der Waals surface area contributed by atoms with E-state index in [0.29, 0.717) is 23.1 Å². The quantitative estimate of drug-likeness (QED) is 0.918. The highest BCUT2D eigenvalue weighted by Gasteiger charge is 2.12. The Morgan fingerprint density at radius 2 is 2.19 bits per heavy atom. The van der Waals surface area contributed by atoms with E-state index in [1.807, 2.05) is 32.0 Å². The van der Waals surface area contributed by atoms with Crippen LogP contribution in [0.2, 0.25) is 5.02 Å². The number of nitrogens with zero attached hydrogens (tertiary/aromatic N) is 1. The molecule has 0 aliphatic rings. The largest absolute Gasteiger partial charge is 0.478 e. The molecule has 0 aliphatic carbocycles. The number of aromatic nitrogens is 1. The Morgan fingerprint density at radius 1 is 1.38 bits per heavy atom. The van der Waals surface area contributed by atoms with Crippen molar-refractivity contribution in [2.75, 3.05) is 6.61 Å². The van der Waals surface area contributed by atoms with Crippen molar-refractivity contribution in [2.45, 2.75) is 19.9 Å². The summed E-state index contributed by atoms with van der Waals surface area (Å²) in [5, 5.41) is 3.58. The second-order valence-corrected chi connectivity index (χ2v) is 5.00. The van der Waals surface area contributed by atoms with Gasteiger partial charge in [0.25, 0.3) is 5.91 Å². The van der Waals surface area contributed by atoms with E-state index in [-0.39, 0.29) is 11.9 Å². The molecule has 0 fully saturated rings. The van der Waals surface area contributed by atoms with Crippen molar-refractivity contribution in [3.05, 3.63) is 58.7 Å². The maximum atomic E-state index is 12.2. The number of nitrogens with one attached hydrogen (secondary N) is 1. The lowest BCUT2D eigenvalue weighted by atomic mass is 10.1. The standard InChI is InChI=1S/C16H17ClN2O2/c1-3-21-15-10-13(7-8-18-15)16(20)19-11(2)12-5-4-6-14(17)9-12/h4-11H,3H2,1-2H3,(H,19,20). The van der Waals surface area contributed by atoms with Crippen LogP contribution in [0, 0.1) is 0 Å². The van der Waals surface area contributed by atoms with Gasteiger partial charge in [-0.1, -0.05) is 23.7 Å². The summed E-state index contributed by atoms with van der Waals surface area (Å²) in [5.74, 6) is 0.270. The molecule has 0 spiro atoms. The van der Waals surface area contributed by atoms with E-state index in [1.54, 1.807) is 24.4 Å². The first-order chi connectivity index (χ1) is 10.1. The van der Waals surface area contributed by atoms with Crippen LogP contribution in [0.1, 0.15) is 35.8 Å². The van der Waals surface area contributed by atoms with Gasteiger partial charge in [0.1, 0.15) is 0 Å². The number of hydrogen-bond acceptors (Lipinski definition) is 3. The van der Waals surface area contributed by atoms with Gasteiger partial charge in [0.15, 0.2) is 0 Å². The van der Waals surface area contributed by atoms with Crippen molar-refractivity contribution >= 4 is 17.5 Å². The molecule has 0 saturated carbocycles. The van der Waals surface area contributed by atoms with Crippen molar-refractivity contribution in [2.24, 2.45) is 0 Å². The van der Waals surface area contributed by atoms with Gasteiger partial charge in [-0.3, -0.25) is 4.79 Å². The molecule has 1 aromatic carbocycles. The molecule has 2 aromatic rings. The van der Waals surface area contributed by atoms with Crippen LogP contribution >= 0.6 is 11.6 Å². The van der Waals surface area contributed by atoms with E-state index in [9.17, 15) is 4.79 Å². The molecule has 0 aliphatic heterocycles. The molecule has 4 nitrogen and oxygen atoms in total. The minimum atomic E-state index is -0.175. The number of rotatable bonds is 5. The SMILES string of the molecule is CCOc1cc(C(=O)NC(C)c2cccc(Cl)c2)ccn1. The molecular weight excluding hydrogens is 288 g/mol. The lowest BCUT2D eigenvalue weighted by Gasteiger charge is -2.15. The molecule has 1 N–H and O–H groups in total. The minimum absolute atomic E-state index is 0.139. The zero-order valence-electron chi connectivity index (χ0n) is 12.0. The molecule has 0 bridgehead atoms. The Balaban J connectivity index is 2.08. The fraction of sp³-hybridized carbons (Fsp3) is 0.250. The summed E-state index contributed by atoms with van der Waals surface area (Å²) in [5.41, 5.74) is 1.47. The molecule has 21 heavy (non-hydrogen) atoms. The third kappa shape index (κ3) is 4.20. The van der Waals surface area contributed by atoms with E-state index < -0.39 is 0 Å². The Labute approximate surface area is 129 Å². The highest BCUT2D eigenvalue weighted by molar-refractivity contribution is 6.30. The van der Waals surface area contributed by atoms with E-state index in [2.05, 4.69) is 10.3 Å². The van der Waals surface area contributed by atoms with Gasteiger partial charge in [0.05, 0.1) is 12.6 Å². The topological polar surface area (TPSA) is 51.2 Å². The van der Waals surface area contributed by atoms with Crippen molar-refractivity contribution in [3.8, 4) is 5.88 Å². The van der Waals surface area contributed by atoms with Crippen LogP contribution in [0.3, 0.4) is 0 Å². The number of halogens is 1. The Kier molecular flexibility index (Phi) is 5.17. The maximum Gasteiger partial charge on any atom is 0.252 e. The van der Waals surface area contributed by atoms with Gasteiger partial charge in [0.2, 0.25) is 5.88 Å². The molecule has 1 atom stereocenters. The molecule has 1 aromatic heterocycles. The first-order valence-electron chi connectivity index (χ1n) is 6.75. The summed E-state index contributed by atoms with van der Waals surface area (Å²) in [6.45, 7) is 4.29. The lowest BCUT2D eigenvalue weighted by molar-refractivity contribution is 0.0939. The fourth-order valence-electron chi connectivity index (χ4n) is 1.92. The molecule has 2 rings (SSSR count). The van der Waals surface area contributed by atoms with Crippen LogP contribution in [0.25, 0.3) is 0 Å². The third-order valence-electron chi connectivity index (χ3n) is 2.99. The first kappa shape index (κ1) is 15.3. The molecular formula is C16H17ClN2O2. The Hall–Kier alpha value is -2.07. The van der Waals surface area contributed by atoms with Crippen molar-refractivity contribution in [3.63, 3.8) is 0 Å². The molecule has 1 heterocycles. The number of carbonyl (C=O) groups excluding carboxylic acids is 1. The number of amides is 1. The van der Waals surface area contributed by atoms with Crippen molar-refractivity contribution in [1.29, 1.82) is 0 Å². The summed E-state index contributed by atoms with van der Waals surface area (Å²) in [4.78, 5) is 16.3. The molecule has 0 saturated heterocycles. The van der Waals surface area contributed by atoms with Gasteiger partial charge >= 0.3 is 0 Å². The van der Waals surface area contributed by atoms with E-state index in [4.69, 9.17) is 16.3 Å². The molecule has 5 heteroatoms. The number of ether oxygens (including phenoxy) is 1. The highest BCUT2D eigenvalue weighted by atomic mass is 35.5. The first-order valence-corrected chi connectivity index (χ1v) is 7.13. The monoisotopic (exact) mass is 304 g/mol. The average molecular weight is 305 g/mol. The Morgan fingerprint density at radius 3 is 2.90 bits per heavy atom. The fourth-order valence-corrected chi connectivity index (χ4v) is 2.12. The van der Waals surface area contributed by atoms with Crippen molar-refractivity contribution < 1.29 is 9.53 Å². The summed E-state index contributed by atoms with van der Waals surface area (Å²) >= 11 is 5.96. The van der Waals surface area contributed by atoms with Crippen LogP contribution in [-0.4, -0.2) is 17.5 Å². The normalized spacial score (nSPS) is 11.8. The second-order valence-electron chi connectivity index (χ2n) is 4.57. The summed E-state index contributed by atoms with van der Waals surface area (Å²) in [6.07, 6.45) is 1.56. The molecule has 1 amide bonds. The zero-order chi connectivity index (χ0) is 15.2.